The van der Waals surface area contributed by atoms with Gasteiger partial charge in [0.05, 0.1) is 24.2 Å². The van der Waals surface area contributed by atoms with Crippen molar-refractivity contribution >= 4 is 11.7 Å². The molecule has 7 heteroatoms. The number of carbonyl (C=O) groups excluding carboxylic acids is 1. The van der Waals surface area contributed by atoms with E-state index < -0.39 is 0 Å². The number of likely N-dealkylation sites (N-methyl/N-ethyl adjacent to an activating group) is 1. The van der Waals surface area contributed by atoms with Crippen LogP contribution in [0.15, 0.2) is 53.1 Å². The van der Waals surface area contributed by atoms with Crippen molar-refractivity contribution in [2.45, 2.75) is 33.7 Å². The first-order chi connectivity index (χ1) is 15.6. The van der Waals surface area contributed by atoms with Gasteiger partial charge in [0.25, 0.3) is 5.91 Å². The Bertz CT molecular complexity index is 1000. The molecule has 0 saturated carbocycles. The average Bonchev–Trinajstić information content (AvgIpc) is 3.48. The Kier molecular flexibility index (Phi) is 6.95. The standard InChI is InChI=1S/C25H33N5O2/c1-4-13-29(25(31)23-12-9-18-32-23)19-22-20(3)26-30(21-10-7-6-8-11-21)24(22)28-16-14-27(5-2)15-17-28/h6-12,18H,4-5,13-17,19H2,1-3H3. The summed E-state index contributed by atoms with van der Waals surface area (Å²) >= 11 is 0. The molecule has 7 nitrogen and oxygen atoms in total. The first-order valence-electron chi connectivity index (χ1n) is 11.6. The van der Waals surface area contributed by atoms with Gasteiger partial charge in [-0.1, -0.05) is 32.0 Å². The molecule has 1 fully saturated rings. The van der Waals surface area contributed by atoms with Crippen LogP contribution in [0.3, 0.4) is 0 Å². The number of carbonyl (C=O) groups is 1. The van der Waals surface area contributed by atoms with E-state index in [1.165, 1.54) is 0 Å². The van der Waals surface area contributed by atoms with Gasteiger partial charge in [0, 0.05) is 38.3 Å². The normalized spacial score (nSPS) is 14.7. The topological polar surface area (TPSA) is 57.8 Å². The van der Waals surface area contributed by atoms with Crippen LogP contribution < -0.4 is 4.90 Å². The molecule has 32 heavy (non-hydrogen) atoms. The van der Waals surface area contributed by atoms with Crippen LogP contribution in [-0.4, -0.2) is 64.8 Å². The molecule has 0 bridgehead atoms. The molecule has 0 unspecified atom stereocenters. The van der Waals surface area contributed by atoms with Gasteiger partial charge in [0.15, 0.2) is 5.76 Å². The number of aromatic nitrogens is 2. The molecular formula is C25H33N5O2. The second-order valence-electron chi connectivity index (χ2n) is 8.26. The van der Waals surface area contributed by atoms with Crippen LogP contribution in [-0.2, 0) is 6.54 Å². The Balaban J connectivity index is 1.72. The van der Waals surface area contributed by atoms with Crippen molar-refractivity contribution in [1.29, 1.82) is 0 Å². The molecule has 1 saturated heterocycles. The molecule has 4 rings (SSSR count). The van der Waals surface area contributed by atoms with Crippen molar-refractivity contribution in [2.24, 2.45) is 0 Å². The Morgan fingerprint density at radius 3 is 2.44 bits per heavy atom. The predicted molar refractivity (Wildman–Crippen MR) is 126 cm³/mol. The lowest BCUT2D eigenvalue weighted by atomic mass is 10.1. The molecule has 1 aliphatic heterocycles. The Hall–Kier alpha value is -3.06. The number of aryl methyl sites for hydroxylation is 1. The highest BCUT2D eigenvalue weighted by atomic mass is 16.3. The summed E-state index contributed by atoms with van der Waals surface area (Å²) in [5.41, 5.74) is 3.09. The van der Waals surface area contributed by atoms with Crippen molar-refractivity contribution in [3.8, 4) is 5.69 Å². The lowest BCUT2D eigenvalue weighted by Crippen LogP contribution is -2.47. The second-order valence-corrected chi connectivity index (χ2v) is 8.26. The average molecular weight is 436 g/mol. The molecular weight excluding hydrogens is 402 g/mol. The zero-order chi connectivity index (χ0) is 22.5. The van der Waals surface area contributed by atoms with Gasteiger partial charge in [-0.2, -0.15) is 5.10 Å². The minimum absolute atomic E-state index is 0.0783. The summed E-state index contributed by atoms with van der Waals surface area (Å²) in [7, 11) is 0. The van der Waals surface area contributed by atoms with Gasteiger partial charge in [-0.05, 0) is 44.2 Å². The van der Waals surface area contributed by atoms with Gasteiger partial charge in [0.2, 0.25) is 0 Å². The first kappa shape index (κ1) is 22.1. The molecule has 170 valence electrons. The molecule has 0 N–H and O–H groups in total. The summed E-state index contributed by atoms with van der Waals surface area (Å²) < 4.78 is 7.46. The monoisotopic (exact) mass is 435 g/mol. The molecule has 2 aromatic heterocycles. The van der Waals surface area contributed by atoms with Gasteiger partial charge in [-0.25, -0.2) is 4.68 Å². The summed E-state index contributed by atoms with van der Waals surface area (Å²) in [6.07, 6.45) is 2.43. The van der Waals surface area contributed by atoms with E-state index >= 15 is 0 Å². The third-order valence-electron chi connectivity index (χ3n) is 6.14. The molecule has 0 atom stereocenters. The van der Waals surface area contributed by atoms with E-state index in [-0.39, 0.29) is 5.91 Å². The quantitative estimate of drug-likeness (QED) is 0.536. The molecule has 1 aliphatic rings. The van der Waals surface area contributed by atoms with Crippen LogP contribution >= 0.6 is 0 Å². The van der Waals surface area contributed by atoms with E-state index in [0.717, 1.165) is 61.9 Å². The number of amides is 1. The first-order valence-corrected chi connectivity index (χ1v) is 11.6. The molecule has 0 radical (unpaired) electrons. The Labute approximate surface area is 190 Å². The summed E-state index contributed by atoms with van der Waals surface area (Å²) in [4.78, 5) is 19.9. The van der Waals surface area contributed by atoms with E-state index in [0.29, 0.717) is 18.8 Å². The van der Waals surface area contributed by atoms with Crippen LogP contribution in [0, 0.1) is 6.92 Å². The lowest BCUT2D eigenvalue weighted by Gasteiger charge is -2.36. The van der Waals surface area contributed by atoms with Crippen molar-refractivity contribution in [1.82, 2.24) is 19.6 Å². The minimum Gasteiger partial charge on any atom is -0.459 e. The van der Waals surface area contributed by atoms with Crippen LogP contribution in [0.1, 0.15) is 42.1 Å². The highest BCUT2D eigenvalue weighted by Gasteiger charge is 2.28. The summed E-state index contributed by atoms with van der Waals surface area (Å²) in [6, 6.07) is 13.7. The van der Waals surface area contributed by atoms with Crippen molar-refractivity contribution in [3.05, 3.63) is 65.7 Å². The highest BCUT2D eigenvalue weighted by molar-refractivity contribution is 5.91. The molecule has 1 aromatic carbocycles. The van der Waals surface area contributed by atoms with Gasteiger partial charge in [0.1, 0.15) is 5.82 Å². The second kappa shape index (κ2) is 10.0. The maximum absolute atomic E-state index is 13.1. The number of hydrogen-bond acceptors (Lipinski definition) is 5. The van der Waals surface area contributed by atoms with E-state index in [2.05, 4.69) is 35.8 Å². The van der Waals surface area contributed by atoms with Crippen molar-refractivity contribution in [2.75, 3.05) is 44.2 Å². The smallest absolute Gasteiger partial charge is 0.289 e. The van der Waals surface area contributed by atoms with Gasteiger partial charge >= 0.3 is 0 Å². The summed E-state index contributed by atoms with van der Waals surface area (Å²) in [6.45, 7) is 12.5. The molecule has 3 heterocycles. The van der Waals surface area contributed by atoms with E-state index in [1.807, 2.05) is 34.7 Å². The van der Waals surface area contributed by atoms with Gasteiger partial charge < -0.3 is 19.1 Å². The number of benzene rings is 1. The molecule has 0 aliphatic carbocycles. The van der Waals surface area contributed by atoms with Crippen LogP contribution in [0.25, 0.3) is 5.69 Å². The fraction of sp³-hybridized carbons (Fsp3) is 0.440. The van der Waals surface area contributed by atoms with Crippen LogP contribution in [0.2, 0.25) is 0 Å². The number of anilines is 1. The van der Waals surface area contributed by atoms with E-state index in [1.54, 1.807) is 18.4 Å². The van der Waals surface area contributed by atoms with E-state index in [4.69, 9.17) is 9.52 Å². The zero-order valence-electron chi connectivity index (χ0n) is 19.3. The largest absolute Gasteiger partial charge is 0.459 e. The summed E-state index contributed by atoms with van der Waals surface area (Å²) in [5.74, 6) is 1.40. The van der Waals surface area contributed by atoms with Crippen molar-refractivity contribution in [3.63, 3.8) is 0 Å². The van der Waals surface area contributed by atoms with Crippen LogP contribution in [0.4, 0.5) is 5.82 Å². The number of furan rings is 1. The maximum atomic E-state index is 13.1. The Morgan fingerprint density at radius 2 is 1.81 bits per heavy atom. The minimum atomic E-state index is -0.0783. The van der Waals surface area contributed by atoms with Gasteiger partial charge in [-0.15, -0.1) is 0 Å². The van der Waals surface area contributed by atoms with E-state index in [9.17, 15) is 4.79 Å². The number of nitrogens with zero attached hydrogens (tertiary/aromatic N) is 5. The maximum Gasteiger partial charge on any atom is 0.289 e. The van der Waals surface area contributed by atoms with Crippen molar-refractivity contribution < 1.29 is 9.21 Å². The van der Waals surface area contributed by atoms with Gasteiger partial charge in [-0.3, -0.25) is 4.79 Å². The third kappa shape index (κ3) is 4.58. The summed E-state index contributed by atoms with van der Waals surface area (Å²) in [5, 5.41) is 4.93. The number of para-hydroxylation sites is 1. The lowest BCUT2D eigenvalue weighted by molar-refractivity contribution is 0.0711. The predicted octanol–water partition coefficient (Wildman–Crippen LogP) is 3.97. The fourth-order valence-corrected chi connectivity index (χ4v) is 4.35. The Morgan fingerprint density at radius 1 is 1.06 bits per heavy atom. The molecule has 0 spiro atoms. The molecule has 3 aromatic rings. The number of piperazine rings is 1. The highest BCUT2D eigenvalue weighted by Crippen LogP contribution is 2.30. The molecule has 1 amide bonds. The van der Waals surface area contributed by atoms with Crippen LogP contribution in [0.5, 0.6) is 0 Å². The SMILES string of the molecule is CCCN(Cc1c(C)nn(-c2ccccc2)c1N1CCN(CC)CC1)C(=O)c1ccco1. The third-order valence-corrected chi connectivity index (χ3v) is 6.14. The zero-order valence-corrected chi connectivity index (χ0v) is 19.3. The fourth-order valence-electron chi connectivity index (χ4n) is 4.35. The number of rotatable bonds is 8. The number of hydrogen-bond donors (Lipinski definition) is 0.